The minimum Gasteiger partial charge on any atom is -0.321 e. The van der Waals surface area contributed by atoms with Crippen LogP contribution in [0, 0.1) is 5.82 Å². The van der Waals surface area contributed by atoms with Crippen molar-refractivity contribution in [2.24, 2.45) is 0 Å². The highest BCUT2D eigenvalue weighted by atomic mass is 32.2. The van der Waals surface area contributed by atoms with Crippen LogP contribution in [0.5, 0.6) is 0 Å². The Balaban J connectivity index is 2.29. The van der Waals surface area contributed by atoms with Gasteiger partial charge in [0.1, 0.15) is 5.82 Å². The molecule has 144 valence electrons. The van der Waals surface area contributed by atoms with E-state index in [4.69, 9.17) is 0 Å². The Kier molecular flexibility index (Phi) is 5.89. The zero-order valence-corrected chi connectivity index (χ0v) is 14.7. The van der Waals surface area contributed by atoms with Crippen LogP contribution in [0.3, 0.4) is 0 Å². The number of halogens is 4. The SMILES string of the molecule is CS(=O)(=O)Nc1ccc(C(F)(F)F)cc1NC(=O)/C=C/c1cccc(F)c1. The summed E-state index contributed by atoms with van der Waals surface area (Å²) in [6.45, 7) is 0. The molecule has 1 amide bonds. The lowest BCUT2D eigenvalue weighted by atomic mass is 10.1. The minimum absolute atomic E-state index is 0.224. The van der Waals surface area contributed by atoms with E-state index in [0.717, 1.165) is 24.5 Å². The van der Waals surface area contributed by atoms with Crippen LogP contribution in [-0.2, 0) is 21.0 Å². The predicted octanol–water partition coefficient (Wildman–Crippen LogP) is 3.87. The summed E-state index contributed by atoms with van der Waals surface area (Å²) >= 11 is 0. The molecule has 5 nitrogen and oxygen atoms in total. The number of benzene rings is 2. The van der Waals surface area contributed by atoms with Crippen LogP contribution in [0.15, 0.2) is 48.5 Å². The fraction of sp³-hybridized carbons (Fsp3) is 0.118. The molecule has 0 saturated heterocycles. The molecule has 0 atom stereocenters. The quantitative estimate of drug-likeness (QED) is 0.589. The molecular weight excluding hydrogens is 388 g/mol. The summed E-state index contributed by atoms with van der Waals surface area (Å²) in [5.74, 6) is -1.34. The van der Waals surface area contributed by atoms with Crippen LogP contribution in [0.2, 0.25) is 0 Å². The number of carbonyl (C=O) groups is 1. The summed E-state index contributed by atoms with van der Waals surface area (Å²) in [5, 5.41) is 2.18. The molecule has 0 bridgehead atoms. The van der Waals surface area contributed by atoms with E-state index in [1.165, 1.54) is 24.3 Å². The van der Waals surface area contributed by atoms with Gasteiger partial charge in [0.05, 0.1) is 23.2 Å². The first-order valence-electron chi connectivity index (χ1n) is 7.38. The fourth-order valence-corrected chi connectivity index (χ4v) is 2.65. The standard InChI is InChI=1S/C17H14F4N2O3S/c1-27(25,26)23-14-7-6-12(17(19,20)21)10-15(14)22-16(24)8-5-11-3-2-4-13(18)9-11/h2-10,23H,1H3,(H,22,24)/b8-5+. The van der Waals surface area contributed by atoms with Gasteiger partial charge in [0, 0.05) is 6.08 Å². The molecule has 0 radical (unpaired) electrons. The molecule has 0 heterocycles. The molecule has 2 N–H and O–H groups in total. The first-order chi connectivity index (χ1) is 12.4. The van der Waals surface area contributed by atoms with E-state index in [1.54, 1.807) is 0 Å². The van der Waals surface area contributed by atoms with Gasteiger partial charge in [-0.25, -0.2) is 12.8 Å². The summed E-state index contributed by atoms with van der Waals surface area (Å²) in [4.78, 5) is 12.0. The zero-order chi connectivity index (χ0) is 20.2. The molecule has 2 aromatic carbocycles. The van der Waals surface area contributed by atoms with Gasteiger partial charge >= 0.3 is 6.18 Å². The number of hydrogen-bond acceptors (Lipinski definition) is 3. The smallest absolute Gasteiger partial charge is 0.321 e. The Morgan fingerprint density at radius 1 is 1.07 bits per heavy atom. The Morgan fingerprint density at radius 3 is 2.37 bits per heavy atom. The molecule has 27 heavy (non-hydrogen) atoms. The second kappa shape index (κ2) is 7.78. The number of rotatable bonds is 5. The molecule has 0 spiro atoms. The van der Waals surface area contributed by atoms with Crippen molar-refractivity contribution < 1.29 is 30.8 Å². The van der Waals surface area contributed by atoms with Crippen molar-refractivity contribution in [3.05, 3.63) is 65.5 Å². The Morgan fingerprint density at radius 2 is 1.78 bits per heavy atom. The number of anilines is 2. The Hall–Kier alpha value is -2.88. The van der Waals surface area contributed by atoms with Crippen molar-refractivity contribution in [3.8, 4) is 0 Å². The van der Waals surface area contributed by atoms with Crippen LogP contribution in [0.4, 0.5) is 28.9 Å². The van der Waals surface area contributed by atoms with Gasteiger partial charge in [0.25, 0.3) is 0 Å². The van der Waals surface area contributed by atoms with Crippen LogP contribution < -0.4 is 10.0 Å². The average Bonchev–Trinajstić information content (AvgIpc) is 2.52. The third kappa shape index (κ3) is 6.41. The molecule has 0 saturated carbocycles. The van der Waals surface area contributed by atoms with Gasteiger partial charge in [0.2, 0.25) is 15.9 Å². The van der Waals surface area contributed by atoms with Gasteiger partial charge < -0.3 is 5.32 Å². The predicted molar refractivity (Wildman–Crippen MR) is 94.0 cm³/mol. The lowest BCUT2D eigenvalue weighted by molar-refractivity contribution is -0.137. The lowest BCUT2D eigenvalue weighted by Gasteiger charge is -2.14. The Labute approximate surface area is 152 Å². The Bertz CT molecular complexity index is 986. The second-order valence-corrected chi connectivity index (χ2v) is 7.26. The number of amides is 1. The zero-order valence-electron chi connectivity index (χ0n) is 13.8. The summed E-state index contributed by atoms with van der Waals surface area (Å²) in [7, 11) is -3.79. The molecular formula is C17H14F4N2O3S. The monoisotopic (exact) mass is 402 g/mol. The largest absolute Gasteiger partial charge is 0.416 e. The van der Waals surface area contributed by atoms with Crippen molar-refractivity contribution in [1.82, 2.24) is 0 Å². The van der Waals surface area contributed by atoms with Gasteiger partial charge in [-0.3, -0.25) is 9.52 Å². The van der Waals surface area contributed by atoms with E-state index in [-0.39, 0.29) is 11.4 Å². The van der Waals surface area contributed by atoms with Gasteiger partial charge in [0.15, 0.2) is 0 Å². The number of hydrogen-bond donors (Lipinski definition) is 2. The third-order valence-corrected chi connectivity index (χ3v) is 3.77. The molecule has 2 aromatic rings. The molecule has 10 heteroatoms. The molecule has 2 rings (SSSR count). The van der Waals surface area contributed by atoms with Crippen LogP contribution in [-0.4, -0.2) is 20.6 Å². The van der Waals surface area contributed by atoms with Crippen molar-refractivity contribution in [1.29, 1.82) is 0 Å². The van der Waals surface area contributed by atoms with E-state index in [1.807, 2.05) is 4.72 Å². The fourth-order valence-electron chi connectivity index (χ4n) is 2.07. The van der Waals surface area contributed by atoms with Crippen molar-refractivity contribution in [2.75, 3.05) is 16.3 Å². The van der Waals surface area contributed by atoms with Gasteiger partial charge in [-0.15, -0.1) is 0 Å². The number of alkyl halides is 3. The van der Waals surface area contributed by atoms with E-state index in [9.17, 15) is 30.8 Å². The average molecular weight is 402 g/mol. The van der Waals surface area contributed by atoms with Gasteiger partial charge in [-0.2, -0.15) is 13.2 Å². The van der Waals surface area contributed by atoms with Crippen LogP contribution in [0.1, 0.15) is 11.1 Å². The highest BCUT2D eigenvalue weighted by molar-refractivity contribution is 7.92. The second-order valence-electron chi connectivity index (χ2n) is 5.51. The van der Waals surface area contributed by atoms with E-state index in [2.05, 4.69) is 5.32 Å². The van der Waals surface area contributed by atoms with E-state index < -0.39 is 33.5 Å². The normalized spacial score (nSPS) is 12.2. The minimum atomic E-state index is -4.68. The first kappa shape index (κ1) is 20.4. The summed E-state index contributed by atoms with van der Waals surface area (Å²) in [5.41, 5.74) is -1.29. The maximum atomic E-state index is 13.1. The topological polar surface area (TPSA) is 75.3 Å². The number of nitrogens with one attached hydrogen (secondary N) is 2. The maximum absolute atomic E-state index is 13.1. The van der Waals surface area contributed by atoms with E-state index >= 15 is 0 Å². The highest BCUT2D eigenvalue weighted by Crippen LogP contribution is 2.34. The molecule has 0 aliphatic heterocycles. The van der Waals surface area contributed by atoms with Gasteiger partial charge in [-0.05, 0) is 42.0 Å². The molecule has 0 aromatic heterocycles. The summed E-state index contributed by atoms with van der Waals surface area (Å²) in [6, 6.07) is 7.51. The van der Waals surface area contributed by atoms with Crippen LogP contribution >= 0.6 is 0 Å². The van der Waals surface area contributed by atoms with Crippen molar-refractivity contribution >= 4 is 33.4 Å². The maximum Gasteiger partial charge on any atom is 0.416 e. The summed E-state index contributed by atoms with van der Waals surface area (Å²) in [6.07, 6.45) is -1.62. The third-order valence-electron chi connectivity index (χ3n) is 3.18. The number of carbonyl (C=O) groups excluding carboxylic acids is 1. The molecule has 0 unspecified atom stereocenters. The van der Waals surface area contributed by atoms with Crippen molar-refractivity contribution in [3.63, 3.8) is 0 Å². The van der Waals surface area contributed by atoms with Gasteiger partial charge in [-0.1, -0.05) is 12.1 Å². The highest BCUT2D eigenvalue weighted by Gasteiger charge is 2.31. The summed E-state index contributed by atoms with van der Waals surface area (Å²) < 4.78 is 76.5. The van der Waals surface area contributed by atoms with Crippen LogP contribution in [0.25, 0.3) is 6.08 Å². The van der Waals surface area contributed by atoms with E-state index in [0.29, 0.717) is 17.7 Å². The molecule has 0 aliphatic carbocycles. The lowest BCUT2D eigenvalue weighted by Crippen LogP contribution is -2.16. The van der Waals surface area contributed by atoms with Crippen molar-refractivity contribution in [2.45, 2.75) is 6.18 Å². The number of sulfonamides is 1. The molecule has 0 aliphatic rings. The first-order valence-corrected chi connectivity index (χ1v) is 9.27. The molecule has 0 fully saturated rings.